The summed E-state index contributed by atoms with van der Waals surface area (Å²) in [4.78, 5) is 18.5. The largest absolute Gasteiger partial charge is 0.493 e. The third-order valence-electron chi connectivity index (χ3n) is 1.73. The Morgan fingerprint density at radius 1 is 1.35 bits per heavy atom. The molecule has 0 spiro atoms. The van der Waals surface area contributed by atoms with Crippen LogP contribution in [0.15, 0.2) is 24.3 Å². The Hall–Kier alpha value is -2.19. The Morgan fingerprint density at radius 2 is 1.94 bits per heavy atom. The standard InChI is InChI=1S/C8H4F4N2O3/c9-7(15)13(8(10,11)12)5-2-1-3-6(4-5)14(16)17/h1-4H. The summed E-state index contributed by atoms with van der Waals surface area (Å²) in [5, 5.41) is 10.3. The summed E-state index contributed by atoms with van der Waals surface area (Å²) in [6.07, 6.45) is -8.06. The van der Waals surface area contributed by atoms with Gasteiger partial charge in [-0.15, -0.1) is 17.6 Å². The predicted octanol–water partition coefficient (Wildman–Crippen LogP) is 3.01. The van der Waals surface area contributed by atoms with Gasteiger partial charge < -0.3 is 0 Å². The highest BCUT2D eigenvalue weighted by molar-refractivity contribution is 5.87. The monoisotopic (exact) mass is 252 g/mol. The van der Waals surface area contributed by atoms with Crippen LogP contribution in [0.1, 0.15) is 0 Å². The number of amides is 1. The summed E-state index contributed by atoms with van der Waals surface area (Å²) in [6, 6.07) is 3.01. The first-order valence-electron chi connectivity index (χ1n) is 4.04. The number of nitro groups is 1. The van der Waals surface area contributed by atoms with E-state index in [9.17, 15) is 32.5 Å². The fourth-order valence-corrected chi connectivity index (χ4v) is 1.09. The number of halogens is 4. The third-order valence-corrected chi connectivity index (χ3v) is 1.73. The molecular formula is C8H4F4N2O3. The number of alkyl halides is 3. The van der Waals surface area contributed by atoms with Gasteiger partial charge in [0.15, 0.2) is 0 Å². The maximum absolute atomic E-state index is 12.3. The number of hydrogen-bond donors (Lipinski definition) is 0. The van der Waals surface area contributed by atoms with Crippen LogP contribution in [0.25, 0.3) is 0 Å². The molecule has 0 aromatic heterocycles. The third kappa shape index (κ3) is 2.89. The van der Waals surface area contributed by atoms with Crippen LogP contribution in [0.3, 0.4) is 0 Å². The number of anilines is 1. The second-order valence-electron chi connectivity index (χ2n) is 2.83. The summed E-state index contributed by atoms with van der Waals surface area (Å²) in [5.41, 5.74) is -1.64. The van der Waals surface area contributed by atoms with Crippen molar-refractivity contribution in [1.82, 2.24) is 0 Å². The lowest BCUT2D eigenvalue weighted by atomic mass is 10.2. The minimum Gasteiger partial charge on any atom is -0.258 e. The van der Waals surface area contributed by atoms with Gasteiger partial charge in [-0.3, -0.25) is 10.1 Å². The topological polar surface area (TPSA) is 63.5 Å². The maximum atomic E-state index is 12.3. The van der Waals surface area contributed by atoms with E-state index in [0.717, 1.165) is 18.2 Å². The van der Waals surface area contributed by atoms with Gasteiger partial charge in [0, 0.05) is 12.1 Å². The Morgan fingerprint density at radius 3 is 2.35 bits per heavy atom. The smallest absolute Gasteiger partial charge is 0.258 e. The molecule has 0 bridgehead atoms. The average molecular weight is 252 g/mol. The van der Waals surface area contributed by atoms with E-state index in [1.807, 2.05) is 0 Å². The van der Waals surface area contributed by atoms with E-state index in [1.54, 1.807) is 0 Å². The number of rotatable bonds is 2. The molecule has 0 aliphatic heterocycles. The average Bonchev–Trinajstić information content (AvgIpc) is 2.15. The number of nitrogens with zero attached hydrogens (tertiary/aromatic N) is 2. The van der Waals surface area contributed by atoms with Crippen LogP contribution < -0.4 is 4.90 Å². The molecule has 0 saturated heterocycles. The second-order valence-corrected chi connectivity index (χ2v) is 2.83. The van der Waals surface area contributed by atoms with E-state index in [2.05, 4.69) is 0 Å². The molecule has 1 amide bonds. The molecule has 0 unspecified atom stereocenters. The van der Waals surface area contributed by atoms with Crippen molar-refractivity contribution in [2.24, 2.45) is 0 Å². The summed E-state index contributed by atoms with van der Waals surface area (Å²) in [5.74, 6) is 0. The highest BCUT2D eigenvalue weighted by Crippen LogP contribution is 2.31. The molecule has 0 fully saturated rings. The quantitative estimate of drug-likeness (QED) is 0.267. The van der Waals surface area contributed by atoms with Crippen LogP contribution in [0.2, 0.25) is 0 Å². The van der Waals surface area contributed by atoms with Crippen LogP contribution >= 0.6 is 0 Å². The van der Waals surface area contributed by atoms with E-state index in [1.165, 1.54) is 0 Å². The molecule has 1 rings (SSSR count). The van der Waals surface area contributed by atoms with E-state index in [-0.39, 0.29) is 0 Å². The lowest BCUT2D eigenvalue weighted by Crippen LogP contribution is -2.40. The van der Waals surface area contributed by atoms with Crippen LogP contribution in [-0.4, -0.2) is 17.4 Å². The first kappa shape index (κ1) is 12.9. The van der Waals surface area contributed by atoms with Gasteiger partial charge in [-0.1, -0.05) is 6.07 Å². The first-order chi connectivity index (χ1) is 7.73. The molecule has 1 aromatic carbocycles. The normalized spacial score (nSPS) is 11.1. The highest BCUT2D eigenvalue weighted by atomic mass is 19.4. The SMILES string of the molecule is O=C(F)N(c1cccc([N+](=O)[O-])c1)C(F)(F)F. The van der Waals surface area contributed by atoms with E-state index in [0.29, 0.717) is 6.07 Å². The van der Waals surface area contributed by atoms with Gasteiger partial charge >= 0.3 is 12.5 Å². The van der Waals surface area contributed by atoms with Gasteiger partial charge in [-0.05, 0) is 6.07 Å². The highest BCUT2D eigenvalue weighted by Gasteiger charge is 2.43. The summed E-state index contributed by atoms with van der Waals surface area (Å²) < 4.78 is 49.1. The summed E-state index contributed by atoms with van der Waals surface area (Å²) in [7, 11) is 0. The van der Waals surface area contributed by atoms with Crippen molar-refractivity contribution in [3.63, 3.8) is 0 Å². The molecule has 92 valence electrons. The van der Waals surface area contributed by atoms with Crippen molar-refractivity contribution in [3.8, 4) is 0 Å². The van der Waals surface area contributed by atoms with Gasteiger partial charge in [-0.25, -0.2) is 4.79 Å². The molecule has 9 heteroatoms. The molecule has 0 radical (unpaired) electrons. The molecule has 0 heterocycles. The number of non-ortho nitro benzene ring substituents is 1. The number of hydrogen-bond acceptors (Lipinski definition) is 3. The van der Waals surface area contributed by atoms with Gasteiger partial charge in [0.1, 0.15) is 0 Å². The molecule has 0 N–H and O–H groups in total. The first-order valence-corrected chi connectivity index (χ1v) is 4.04. The van der Waals surface area contributed by atoms with Gasteiger partial charge in [0.25, 0.3) is 5.69 Å². The lowest BCUT2D eigenvalue weighted by Gasteiger charge is -2.20. The Kier molecular flexibility index (Phi) is 3.30. The van der Waals surface area contributed by atoms with E-state index < -0.39 is 33.7 Å². The number of carbonyl (C=O) groups excluding carboxylic acids is 1. The van der Waals surface area contributed by atoms with E-state index in [4.69, 9.17) is 0 Å². The van der Waals surface area contributed by atoms with Crippen molar-refractivity contribution in [2.45, 2.75) is 6.30 Å². The zero-order valence-electron chi connectivity index (χ0n) is 7.94. The van der Waals surface area contributed by atoms with Crippen LogP contribution in [0, 0.1) is 10.1 Å². The van der Waals surface area contributed by atoms with Crippen LogP contribution in [-0.2, 0) is 0 Å². The molecule has 5 nitrogen and oxygen atoms in total. The van der Waals surface area contributed by atoms with Crippen molar-refractivity contribution >= 4 is 17.5 Å². The molecule has 1 aromatic rings. The van der Waals surface area contributed by atoms with Crippen molar-refractivity contribution in [3.05, 3.63) is 34.4 Å². The zero-order valence-corrected chi connectivity index (χ0v) is 7.94. The number of benzene rings is 1. The molecule has 0 saturated carbocycles. The zero-order chi connectivity index (χ0) is 13.2. The van der Waals surface area contributed by atoms with Crippen molar-refractivity contribution in [1.29, 1.82) is 0 Å². The summed E-state index contributed by atoms with van der Waals surface area (Å²) in [6.45, 7) is 0. The molecule has 0 aliphatic rings. The molecule has 0 atom stereocenters. The van der Waals surface area contributed by atoms with Gasteiger partial charge in [0.2, 0.25) is 0 Å². The van der Waals surface area contributed by atoms with Crippen LogP contribution in [0.5, 0.6) is 0 Å². The number of nitro benzene ring substituents is 1. The van der Waals surface area contributed by atoms with E-state index >= 15 is 0 Å². The lowest BCUT2D eigenvalue weighted by molar-refractivity contribution is -0.384. The minimum absolute atomic E-state index is 0.449. The van der Waals surface area contributed by atoms with Gasteiger partial charge in [0.05, 0.1) is 10.6 Å². The van der Waals surface area contributed by atoms with Crippen LogP contribution in [0.4, 0.5) is 33.7 Å². The number of carbonyl (C=O) groups is 1. The molecular weight excluding hydrogens is 248 g/mol. The van der Waals surface area contributed by atoms with Crippen molar-refractivity contribution < 1.29 is 27.3 Å². The Bertz CT molecular complexity index is 460. The fraction of sp³-hybridized carbons (Fsp3) is 0.125. The summed E-state index contributed by atoms with van der Waals surface area (Å²) >= 11 is 0. The van der Waals surface area contributed by atoms with Gasteiger partial charge in [-0.2, -0.15) is 4.90 Å². The minimum atomic E-state index is -5.29. The predicted molar refractivity (Wildman–Crippen MR) is 48.1 cm³/mol. The molecule has 17 heavy (non-hydrogen) atoms. The molecule has 0 aliphatic carbocycles. The Balaban J connectivity index is 3.25. The fourth-order valence-electron chi connectivity index (χ4n) is 1.09. The Labute approximate surface area is 91.4 Å². The second kappa shape index (κ2) is 4.36. The van der Waals surface area contributed by atoms with Crippen molar-refractivity contribution in [2.75, 3.05) is 4.90 Å². The maximum Gasteiger partial charge on any atom is 0.493 e.